The van der Waals surface area contributed by atoms with E-state index >= 15 is 0 Å². The van der Waals surface area contributed by atoms with Crippen molar-refractivity contribution in [1.82, 2.24) is 0 Å². The third kappa shape index (κ3) is 2.40. The van der Waals surface area contributed by atoms with E-state index in [2.05, 4.69) is 4.72 Å². The van der Waals surface area contributed by atoms with Crippen LogP contribution in [-0.4, -0.2) is 27.8 Å². The Kier molecular flexibility index (Phi) is 3.30. The number of anilines is 2. The Balaban J connectivity index is 2.43. The van der Waals surface area contributed by atoms with Gasteiger partial charge in [-0.2, -0.15) is 0 Å². The Morgan fingerprint density at radius 2 is 2.35 bits per heavy atom. The molecule has 1 heterocycles. The summed E-state index contributed by atoms with van der Waals surface area (Å²) < 4.78 is 28.9. The maximum absolute atomic E-state index is 11.4. The van der Waals surface area contributed by atoms with Gasteiger partial charge in [0.25, 0.3) is 0 Å². The first kappa shape index (κ1) is 11.9. The van der Waals surface area contributed by atoms with Crippen LogP contribution in [0.1, 0.15) is 6.92 Å². The Hall–Kier alpha value is -1.60. The molecule has 0 bridgehead atoms. The van der Waals surface area contributed by atoms with Gasteiger partial charge in [0.15, 0.2) is 5.75 Å². The Morgan fingerprint density at radius 1 is 1.59 bits per heavy atom. The van der Waals surface area contributed by atoms with Gasteiger partial charge >= 0.3 is 0 Å². The molecule has 1 amide bonds. The van der Waals surface area contributed by atoms with Crippen LogP contribution in [0, 0.1) is 0 Å². The molecule has 0 spiro atoms. The predicted molar refractivity (Wildman–Crippen MR) is 62.5 cm³/mol. The SMILES string of the molecule is CC(=O)N1CCOc2c(NS(=O)[O-])cccc21. The number of para-hydroxylation sites is 1. The van der Waals surface area contributed by atoms with Crippen LogP contribution in [0.5, 0.6) is 5.75 Å². The van der Waals surface area contributed by atoms with Gasteiger partial charge in [-0.3, -0.25) is 9.00 Å². The third-order valence-corrected chi connectivity index (χ3v) is 2.81. The van der Waals surface area contributed by atoms with Gasteiger partial charge in [0, 0.05) is 18.2 Å². The van der Waals surface area contributed by atoms with Crippen molar-refractivity contribution < 1.29 is 18.3 Å². The fourth-order valence-corrected chi connectivity index (χ4v) is 2.09. The first-order chi connectivity index (χ1) is 8.09. The van der Waals surface area contributed by atoms with E-state index in [1.807, 2.05) is 0 Å². The van der Waals surface area contributed by atoms with Crippen LogP contribution in [0.25, 0.3) is 0 Å². The summed E-state index contributed by atoms with van der Waals surface area (Å²) in [6, 6.07) is 4.96. The number of hydrogen-bond acceptors (Lipinski definition) is 4. The Labute approximate surface area is 101 Å². The number of benzene rings is 1. The molecule has 1 aliphatic rings. The summed E-state index contributed by atoms with van der Waals surface area (Å²) in [6.07, 6.45) is 0. The van der Waals surface area contributed by atoms with Gasteiger partial charge in [-0.05, 0) is 12.1 Å². The number of fused-ring (bicyclic) bond motifs is 1. The summed E-state index contributed by atoms with van der Waals surface area (Å²) in [5.74, 6) is 0.285. The summed E-state index contributed by atoms with van der Waals surface area (Å²) in [7, 11) is 0. The molecule has 0 saturated carbocycles. The lowest BCUT2D eigenvalue weighted by Gasteiger charge is -2.30. The van der Waals surface area contributed by atoms with Crippen LogP contribution in [0.4, 0.5) is 11.4 Å². The van der Waals surface area contributed by atoms with Gasteiger partial charge in [0.1, 0.15) is 6.61 Å². The van der Waals surface area contributed by atoms with E-state index in [9.17, 15) is 13.6 Å². The monoisotopic (exact) mass is 255 g/mol. The van der Waals surface area contributed by atoms with Crippen molar-refractivity contribution in [3.8, 4) is 5.75 Å². The molecule has 0 saturated heterocycles. The number of nitrogens with zero attached hydrogens (tertiary/aromatic N) is 1. The minimum absolute atomic E-state index is 0.102. The van der Waals surface area contributed by atoms with Crippen LogP contribution in [0.15, 0.2) is 18.2 Å². The van der Waals surface area contributed by atoms with Crippen molar-refractivity contribution in [2.45, 2.75) is 6.92 Å². The molecule has 0 fully saturated rings. The van der Waals surface area contributed by atoms with Gasteiger partial charge in [-0.25, -0.2) is 0 Å². The molecule has 0 aromatic heterocycles. The highest BCUT2D eigenvalue weighted by Gasteiger charge is 2.23. The van der Waals surface area contributed by atoms with Gasteiger partial charge < -0.3 is 18.9 Å². The molecule has 2 rings (SSSR count). The van der Waals surface area contributed by atoms with Crippen LogP contribution in [0.3, 0.4) is 0 Å². The average molecular weight is 255 g/mol. The summed E-state index contributed by atoms with van der Waals surface area (Å²) in [4.78, 5) is 13.0. The second-order valence-electron chi connectivity index (χ2n) is 3.51. The zero-order valence-electron chi connectivity index (χ0n) is 9.13. The van der Waals surface area contributed by atoms with Crippen molar-refractivity contribution in [2.24, 2.45) is 0 Å². The van der Waals surface area contributed by atoms with Gasteiger partial charge in [0.05, 0.1) is 17.9 Å². The quantitative estimate of drug-likeness (QED) is 0.786. The molecule has 1 N–H and O–H groups in total. The van der Waals surface area contributed by atoms with Crippen molar-refractivity contribution >= 4 is 28.5 Å². The minimum atomic E-state index is -2.42. The highest BCUT2D eigenvalue weighted by molar-refractivity contribution is 7.80. The van der Waals surface area contributed by atoms with Crippen LogP contribution in [0.2, 0.25) is 0 Å². The van der Waals surface area contributed by atoms with E-state index in [4.69, 9.17) is 4.74 Å². The maximum atomic E-state index is 11.4. The zero-order chi connectivity index (χ0) is 12.4. The van der Waals surface area contributed by atoms with E-state index in [1.54, 1.807) is 23.1 Å². The fraction of sp³-hybridized carbons (Fsp3) is 0.300. The maximum Gasteiger partial charge on any atom is 0.224 e. The zero-order valence-corrected chi connectivity index (χ0v) is 9.95. The third-order valence-electron chi connectivity index (χ3n) is 2.42. The van der Waals surface area contributed by atoms with E-state index in [-0.39, 0.29) is 5.91 Å². The topological polar surface area (TPSA) is 81.7 Å². The van der Waals surface area contributed by atoms with E-state index in [0.717, 1.165) is 0 Å². The molecule has 1 aromatic carbocycles. The lowest BCUT2D eigenvalue weighted by Crippen LogP contribution is -2.36. The van der Waals surface area contributed by atoms with Gasteiger partial charge in [0.2, 0.25) is 5.91 Å². The molecule has 92 valence electrons. The number of hydrogen-bond donors (Lipinski definition) is 1. The number of carbonyl (C=O) groups excluding carboxylic acids is 1. The molecule has 7 heteroatoms. The number of amides is 1. The fourth-order valence-electron chi connectivity index (χ4n) is 1.75. The van der Waals surface area contributed by atoms with Crippen molar-refractivity contribution in [2.75, 3.05) is 22.8 Å². The van der Waals surface area contributed by atoms with E-state index in [1.165, 1.54) is 6.92 Å². The van der Waals surface area contributed by atoms with Crippen molar-refractivity contribution in [1.29, 1.82) is 0 Å². The summed E-state index contributed by atoms with van der Waals surface area (Å²) in [5.41, 5.74) is 0.918. The Bertz CT molecular complexity index is 477. The first-order valence-corrected chi connectivity index (χ1v) is 6.07. The molecular weight excluding hydrogens is 244 g/mol. The number of rotatable bonds is 2. The number of carbonyl (C=O) groups is 1. The van der Waals surface area contributed by atoms with Crippen molar-refractivity contribution in [3.63, 3.8) is 0 Å². The molecular formula is C10H11N2O4S-. The molecule has 1 aliphatic heterocycles. The highest BCUT2D eigenvalue weighted by Crippen LogP contribution is 2.38. The summed E-state index contributed by atoms with van der Waals surface area (Å²) in [5, 5.41) is 0. The van der Waals surface area contributed by atoms with E-state index < -0.39 is 11.3 Å². The molecule has 6 nitrogen and oxygen atoms in total. The molecule has 1 aromatic rings. The lowest BCUT2D eigenvalue weighted by atomic mass is 10.2. The van der Waals surface area contributed by atoms with Crippen LogP contribution < -0.4 is 14.4 Å². The molecule has 17 heavy (non-hydrogen) atoms. The minimum Gasteiger partial charge on any atom is -0.755 e. The first-order valence-electron chi connectivity index (χ1n) is 4.99. The summed E-state index contributed by atoms with van der Waals surface area (Å²) in [6.45, 7) is 2.27. The normalized spacial score (nSPS) is 15.8. The van der Waals surface area contributed by atoms with Gasteiger partial charge in [-0.15, -0.1) is 0 Å². The summed E-state index contributed by atoms with van der Waals surface area (Å²) >= 11 is -2.42. The highest BCUT2D eigenvalue weighted by atomic mass is 32.2. The molecule has 1 atom stereocenters. The van der Waals surface area contributed by atoms with Crippen LogP contribution >= 0.6 is 0 Å². The average Bonchev–Trinajstić information content (AvgIpc) is 2.28. The smallest absolute Gasteiger partial charge is 0.224 e. The van der Waals surface area contributed by atoms with Crippen molar-refractivity contribution in [3.05, 3.63) is 18.2 Å². The standard InChI is InChI=1S/C10H12N2O4S/c1-7(13)12-5-6-16-10-8(11-17(14)15)3-2-4-9(10)12/h2-4,11H,5-6H2,1H3,(H,14,15)/p-1. The molecule has 1 unspecified atom stereocenters. The second-order valence-corrected chi connectivity index (χ2v) is 4.18. The van der Waals surface area contributed by atoms with E-state index in [0.29, 0.717) is 30.3 Å². The Morgan fingerprint density at radius 3 is 3.00 bits per heavy atom. The molecule has 0 radical (unpaired) electrons. The van der Waals surface area contributed by atoms with Crippen LogP contribution in [-0.2, 0) is 16.1 Å². The molecule has 0 aliphatic carbocycles. The lowest BCUT2D eigenvalue weighted by molar-refractivity contribution is -0.116. The number of nitrogens with one attached hydrogen (secondary N) is 1. The predicted octanol–water partition coefficient (Wildman–Crippen LogP) is 0.638. The largest absolute Gasteiger partial charge is 0.755 e. The van der Waals surface area contributed by atoms with Gasteiger partial charge in [-0.1, -0.05) is 6.07 Å². The number of ether oxygens (including phenoxy) is 1. The second kappa shape index (κ2) is 4.72.